The molecule has 0 bridgehead atoms. The zero-order valence-electron chi connectivity index (χ0n) is 10.8. The van der Waals surface area contributed by atoms with Crippen LogP contribution < -0.4 is 5.73 Å². The van der Waals surface area contributed by atoms with Gasteiger partial charge in [0.05, 0.1) is 17.8 Å². The van der Waals surface area contributed by atoms with Crippen LogP contribution in [-0.2, 0) is 6.42 Å². The number of hydrogen-bond acceptors (Lipinski definition) is 3. The molecule has 0 amide bonds. The second-order valence-corrected chi connectivity index (χ2v) is 5.55. The van der Waals surface area contributed by atoms with Gasteiger partial charge in [-0.1, -0.05) is 12.8 Å². The van der Waals surface area contributed by atoms with Crippen LogP contribution in [0.15, 0.2) is 28.8 Å². The minimum Gasteiger partial charge on any atom is -0.448 e. The molecule has 0 saturated heterocycles. The Hall–Kier alpha value is -1.26. The van der Waals surface area contributed by atoms with Crippen molar-refractivity contribution in [1.82, 2.24) is 9.78 Å². The Morgan fingerprint density at radius 2 is 2.16 bits per heavy atom. The molecule has 2 N–H and O–H groups in total. The summed E-state index contributed by atoms with van der Waals surface area (Å²) in [7, 11) is 0. The van der Waals surface area contributed by atoms with Crippen molar-refractivity contribution >= 4 is 11.6 Å². The molecule has 1 aliphatic rings. The van der Waals surface area contributed by atoms with E-state index in [0.717, 1.165) is 5.69 Å². The van der Waals surface area contributed by atoms with Crippen molar-refractivity contribution in [2.45, 2.75) is 44.2 Å². The van der Waals surface area contributed by atoms with Gasteiger partial charge in [0, 0.05) is 12.6 Å². The van der Waals surface area contributed by atoms with Crippen molar-refractivity contribution in [1.29, 1.82) is 0 Å². The lowest BCUT2D eigenvalue weighted by molar-refractivity contribution is 0.448. The van der Waals surface area contributed by atoms with E-state index in [-0.39, 0.29) is 6.04 Å². The van der Waals surface area contributed by atoms with Gasteiger partial charge in [0.2, 0.25) is 0 Å². The highest BCUT2D eigenvalue weighted by Gasteiger charge is 2.18. The highest BCUT2D eigenvalue weighted by molar-refractivity contribution is 6.28. The molecule has 1 atom stereocenters. The summed E-state index contributed by atoms with van der Waals surface area (Å²) in [5.41, 5.74) is 7.11. The molecule has 3 rings (SSSR count). The van der Waals surface area contributed by atoms with Crippen molar-refractivity contribution in [2.24, 2.45) is 5.73 Å². The number of halogens is 1. The molecular weight excluding hydrogens is 262 g/mol. The second-order valence-electron chi connectivity index (χ2n) is 5.18. The summed E-state index contributed by atoms with van der Waals surface area (Å²) in [5.74, 6) is 0.709. The van der Waals surface area contributed by atoms with E-state index in [4.69, 9.17) is 21.8 Å². The molecule has 0 aromatic carbocycles. The van der Waals surface area contributed by atoms with Crippen molar-refractivity contribution in [3.63, 3.8) is 0 Å². The Morgan fingerprint density at radius 1 is 1.37 bits per heavy atom. The quantitative estimate of drug-likeness (QED) is 0.932. The maximum atomic E-state index is 6.10. The Labute approximate surface area is 117 Å². The van der Waals surface area contributed by atoms with Crippen LogP contribution in [0.3, 0.4) is 0 Å². The largest absolute Gasteiger partial charge is 0.448 e. The lowest BCUT2D eigenvalue weighted by Gasteiger charge is -2.09. The molecule has 0 radical (unpaired) electrons. The first kappa shape index (κ1) is 12.8. The first-order valence-electron chi connectivity index (χ1n) is 6.77. The molecule has 2 aromatic heterocycles. The van der Waals surface area contributed by atoms with Gasteiger partial charge in [-0.2, -0.15) is 5.10 Å². The van der Waals surface area contributed by atoms with Gasteiger partial charge in [-0.15, -0.1) is 0 Å². The van der Waals surface area contributed by atoms with Crippen LogP contribution in [0.25, 0.3) is 0 Å². The fraction of sp³-hybridized carbons (Fsp3) is 0.500. The highest BCUT2D eigenvalue weighted by Crippen LogP contribution is 2.29. The van der Waals surface area contributed by atoms with Gasteiger partial charge in [-0.3, -0.25) is 4.68 Å². The Bertz CT molecular complexity index is 542. The van der Waals surface area contributed by atoms with Gasteiger partial charge in [0.15, 0.2) is 5.22 Å². The summed E-state index contributed by atoms with van der Waals surface area (Å²) in [5, 5.41) is 5.00. The Morgan fingerprint density at radius 3 is 2.84 bits per heavy atom. The van der Waals surface area contributed by atoms with Crippen molar-refractivity contribution in [3.05, 3.63) is 41.1 Å². The van der Waals surface area contributed by atoms with Crippen LogP contribution in [0.2, 0.25) is 5.22 Å². The summed E-state index contributed by atoms with van der Waals surface area (Å²) in [6.45, 7) is 0. The molecule has 19 heavy (non-hydrogen) atoms. The lowest BCUT2D eigenvalue weighted by Crippen LogP contribution is -2.13. The average molecular weight is 280 g/mol. The molecule has 0 spiro atoms. The van der Waals surface area contributed by atoms with Gasteiger partial charge in [0.1, 0.15) is 5.76 Å². The summed E-state index contributed by atoms with van der Waals surface area (Å²) >= 11 is 5.76. The summed E-state index contributed by atoms with van der Waals surface area (Å²) in [6, 6.07) is 5.96. The third-order valence-corrected chi connectivity index (χ3v) is 3.95. The molecule has 1 fully saturated rings. The number of aromatic nitrogens is 2. The van der Waals surface area contributed by atoms with E-state index >= 15 is 0 Å². The van der Waals surface area contributed by atoms with Crippen LogP contribution in [0.5, 0.6) is 0 Å². The van der Waals surface area contributed by atoms with E-state index < -0.39 is 0 Å². The Kier molecular flexibility index (Phi) is 3.62. The standard InChI is InChI=1S/C14H18ClN3O/c15-14-6-5-13(19-14)12(16)9-10-7-8-18(17-10)11-3-1-2-4-11/h5-8,11-12H,1-4,9,16H2. The summed E-state index contributed by atoms with van der Waals surface area (Å²) in [4.78, 5) is 0. The van der Waals surface area contributed by atoms with E-state index in [1.165, 1.54) is 25.7 Å². The number of rotatable bonds is 4. The van der Waals surface area contributed by atoms with Crippen molar-refractivity contribution in [2.75, 3.05) is 0 Å². The van der Waals surface area contributed by atoms with E-state index in [2.05, 4.69) is 16.0 Å². The van der Waals surface area contributed by atoms with Crippen LogP contribution in [0.1, 0.15) is 49.2 Å². The van der Waals surface area contributed by atoms with Crippen LogP contribution in [0, 0.1) is 0 Å². The molecule has 1 saturated carbocycles. The van der Waals surface area contributed by atoms with Gasteiger partial charge < -0.3 is 10.2 Å². The fourth-order valence-corrected chi connectivity index (χ4v) is 2.86. The van der Waals surface area contributed by atoms with Gasteiger partial charge in [-0.25, -0.2) is 0 Å². The fourth-order valence-electron chi connectivity index (χ4n) is 2.71. The van der Waals surface area contributed by atoms with Crippen molar-refractivity contribution < 1.29 is 4.42 Å². The van der Waals surface area contributed by atoms with Gasteiger partial charge >= 0.3 is 0 Å². The minimum absolute atomic E-state index is 0.195. The van der Waals surface area contributed by atoms with Crippen molar-refractivity contribution in [3.8, 4) is 0 Å². The van der Waals surface area contributed by atoms with Gasteiger partial charge in [0.25, 0.3) is 0 Å². The average Bonchev–Trinajstić information content (AvgIpc) is 3.07. The SMILES string of the molecule is NC(Cc1ccn(C2CCCC2)n1)c1ccc(Cl)o1. The lowest BCUT2D eigenvalue weighted by atomic mass is 10.1. The first-order chi connectivity index (χ1) is 9.22. The number of nitrogens with two attached hydrogens (primary N) is 1. The van der Waals surface area contributed by atoms with Crippen LogP contribution >= 0.6 is 11.6 Å². The minimum atomic E-state index is -0.195. The topological polar surface area (TPSA) is 57.0 Å². The Balaban J connectivity index is 1.66. The van der Waals surface area contributed by atoms with E-state index in [0.29, 0.717) is 23.4 Å². The smallest absolute Gasteiger partial charge is 0.193 e. The second kappa shape index (κ2) is 5.39. The predicted octanol–water partition coefficient (Wildman–Crippen LogP) is 3.49. The molecule has 102 valence electrons. The summed E-state index contributed by atoms with van der Waals surface area (Å²) in [6.07, 6.45) is 7.83. The zero-order valence-corrected chi connectivity index (χ0v) is 11.5. The third-order valence-electron chi connectivity index (χ3n) is 3.75. The number of furan rings is 1. The van der Waals surface area contributed by atoms with E-state index in [1.807, 2.05) is 12.1 Å². The molecule has 2 aromatic rings. The molecule has 5 heteroatoms. The first-order valence-corrected chi connectivity index (χ1v) is 7.15. The molecule has 0 aliphatic heterocycles. The molecular formula is C14H18ClN3O. The number of nitrogens with zero attached hydrogens (tertiary/aromatic N) is 2. The number of hydrogen-bond donors (Lipinski definition) is 1. The van der Waals surface area contributed by atoms with Gasteiger partial charge in [-0.05, 0) is 42.6 Å². The van der Waals surface area contributed by atoms with E-state index in [1.54, 1.807) is 6.07 Å². The molecule has 4 nitrogen and oxygen atoms in total. The maximum Gasteiger partial charge on any atom is 0.193 e. The monoisotopic (exact) mass is 279 g/mol. The molecule has 2 heterocycles. The van der Waals surface area contributed by atoms with Crippen LogP contribution in [0.4, 0.5) is 0 Å². The maximum absolute atomic E-state index is 6.10. The van der Waals surface area contributed by atoms with Crippen LogP contribution in [-0.4, -0.2) is 9.78 Å². The zero-order chi connectivity index (χ0) is 13.2. The molecule has 1 aliphatic carbocycles. The normalized spacial score (nSPS) is 18.0. The predicted molar refractivity (Wildman–Crippen MR) is 74.1 cm³/mol. The third kappa shape index (κ3) is 2.85. The van der Waals surface area contributed by atoms with E-state index in [9.17, 15) is 0 Å². The molecule has 1 unspecified atom stereocenters. The highest BCUT2D eigenvalue weighted by atomic mass is 35.5. The summed E-state index contributed by atoms with van der Waals surface area (Å²) < 4.78 is 7.42.